The van der Waals surface area contributed by atoms with Gasteiger partial charge in [-0.05, 0) is 37.8 Å². The Hall–Kier alpha value is -0.720. The summed E-state index contributed by atoms with van der Waals surface area (Å²) in [6.45, 7) is 8.38. The molecule has 1 unspecified atom stereocenters. The summed E-state index contributed by atoms with van der Waals surface area (Å²) in [5.41, 5.74) is 0. The van der Waals surface area contributed by atoms with E-state index in [0.29, 0.717) is 0 Å². The molecule has 0 radical (unpaired) electrons. The summed E-state index contributed by atoms with van der Waals surface area (Å²) in [7, 11) is 0. The minimum absolute atomic E-state index is 0. The average molecular weight is 391 g/mol. The van der Waals surface area contributed by atoms with Crippen molar-refractivity contribution in [2.24, 2.45) is 10.9 Å². The zero-order valence-electron chi connectivity index (χ0n) is 12.5. The van der Waals surface area contributed by atoms with Crippen molar-refractivity contribution in [2.75, 3.05) is 26.2 Å². The maximum atomic E-state index is 5.33. The van der Waals surface area contributed by atoms with Crippen molar-refractivity contribution < 1.29 is 4.42 Å². The van der Waals surface area contributed by atoms with Gasteiger partial charge in [0.1, 0.15) is 5.76 Å². The largest absolute Gasteiger partial charge is 0.469 e. The van der Waals surface area contributed by atoms with E-state index in [4.69, 9.17) is 9.41 Å². The van der Waals surface area contributed by atoms with Crippen molar-refractivity contribution in [3.63, 3.8) is 0 Å². The minimum atomic E-state index is 0. The van der Waals surface area contributed by atoms with Crippen molar-refractivity contribution in [3.8, 4) is 0 Å². The first-order valence-electron chi connectivity index (χ1n) is 7.35. The van der Waals surface area contributed by atoms with Gasteiger partial charge in [-0.25, -0.2) is 0 Å². The first kappa shape index (κ1) is 17.3. The molecule has 0 aromatic carbocycles. The van der Waals surface area contributed by atoms with E-state index in [1.165, 1.54) is 12.8 Å². The number of piperidine rings is 1. The number of halogens is 1. The highest BCUT2D eigenvalue weighted by atomic mass is 127. The zero-order valence-corrected chi connectivity index (χ0v) is 14.8. The van der Waals surface area contributed by atoms with Crippen molar-refractivity contribution in [1.82, 2.24) is 10.2 Å². The number of furan rings is 1. The molecule has 1 aliphatic heterocycles. The lowest BCUT2D eigenvalue weighted by Crippen LogP contribution is -2.46. The van der Waals surface area contributed by atoms with Gasteiger partial charge in [-0.2, -0.15) is 0 Å². The third-order valence-electron chi connectivity index (χ3n) is 3.49. The molecule has 1 saturated heterocycles. The van der Waals surface area contributed by atoms with Gasteiger partial charge in [0.25, 0.3) is 0 Å². The Morgan fingerprint density at radius 2 is 2.40 bits per heavy atom. The third kappa shape index (κ3) is 5.34. The topological polar surface area (TPSA) is 40.8 Å². The highest BCUT2D eigenvalue weighted by Crippen LogP contribution is 2.15. The van der Waals surface area contributed by atoms with Crippen LogP contribution in [0.1, 0.15) is 32.4 Å². The van der Waals surface area contributed by atoms with Crippen LogP contribution in [0.2, 0.25) is 0 Å². The Morgan fingerprint density at radius 3 is 3.05 bits per heavy atom. The molecule has 1 aliphatic rings. The Kier molecular flexibility index (Phi) is 8.02. The number of guanidine groups is 1. The molecular formula is C15H26IN3O. The molecule has 1 atom stereocenters. The molecule has 0 saturated carbocycles. The minimum Gasteiger partial charge on any atom is -0.469 e. The average Bonchev–Trinajstić information content (AvgIpc) is 2.91. The van der Waals surface area contributed by atoms with E-state index < -0.39 is 0 Å². The van der Waals surface area contributed by atoms with Gasteiger partial charge >= 0.3 is 0 Å². The third-order valence-corrected chi connectivity index (χ3v) is 3.49. The highest BCUT2D eigenvalue weighted by molar-refractivity contribution is 14.0. The molecule has 1 N–H and O–H groups in total. The maximum Gasteiger partial charge on any atom is 0.193 e. The van der Waals surface area contributed by atoms with Crippen LogP contribution in [0.15, 0.2) is 27.8 Å². The van der Waals surface area contributed by atoms with Crippen molar-refractivity contribution in [2.45, 2.75) is 33.1 Å². The monoisotopic (exact) mass is 391 g/mol. The quantitative estimate of drug-likeness (QED) is 0.487. The van der Waals surface area contributed by atoms with E-state index in [2.05, 4.69) is 24.1 Å². The van der Waals surface area contributed by atoms with E-state index in [1.807, 2.05) is 12.1 Å². The van der Waals surface area contributed by atoms with Gasteiger partial charge in [-0.3, -0.25) is 4.99 Å². The summed E-state index contributed by atoms with van der Waals surface area (Å²) in [4.78, 5) is 7.11. The number of rotatable bonds is 4. The van der Waals surface area contributed by atoms with Gasteiger partial charge < -0.3 is 14.6 Å². The summed E-state index contributed by atoms with van der Waals surface area (Å²) in [5, 5.41) is 3.40. The number of hydrogen-bond acceptors (Lipinski definition) is 2. The van der Waals surface area contributed by atoms with Crippen LogP contribution in [0, 0.1) is 5.92 Å². The van der Waals surface area contributed by atoms with Gasteiger partial charge in [0.15, 0.2) is 5.96 Å². The Morgan fingerprint density at radius 1 is 1.55 bits per heavy atom. The Balaban J connectivity index is 0.00000200. The summed E-state index contributed by atoms with van der Waals surface area (Å²) >= 11 is 0. The maximum absolute atomic E-state index is 5.33. The molecule has 2 heterocycles. The number of aliphatic imine (C=N–C) groups is 1. The van der Waals surface area contributed by atoms with E-state index in [9.17, 15) is 0 Å². The SMILES string of the molecule is CCNC(=NCCc1ccco1)N1CCCC(C)C1.I. The smallest absolute Gasteiger partial charge is 0.193 e. The van der Waals surface area contributed by atoms with Crippen LogP contribution in [0.25, 0.3) is 0 Å². The van der Waals surface area contributed by atoms with Crippen LogP contribution >= 0.6 is 24.0 Å². The molecule has 0 aliphatic carbocycles. The lowest BCUT2D eigenvalue weighted by molar-refractivity contribution is 0.266. The standard InChI is InChI=1S/C15H25N3O.HI/c1-3-16-15(18-10-4-6-13(2)12-18)17-9-8-14-7-5-11-19-14;/h5,7,11,13H,3-4,6,8-10,12H2,1-2H3,(H,16,17);1H. The predicted octanol–water partition coefficient (Wildman–Crippen LogP) is 3.14. The van der Waals surface area contributed by atoms with E-state index >= 15 is 0 Å². The molecule has 5 heteroatoms. The second-order valence-corrected chi connectivity index (χ2v) is 5.26. The second kappa shape index (κ2) is 9.26. The van der Waals surface area contributed by atoms with Gasteiger partial charge in [0.05, 0.1) is 6.26 Å². The number of nitrogens with zero attached hydrogens (tertiary/aromatic N) is 2. The summed E-state index contributed by atoms with van der Waals surface area (Å²) in [5.74, 6) is 2.83. The van der Waals surface area contributed by atoms with Crippen LogP contribution in [0.4, 0.5) is 0 Å². The Labute approximate surface area is 139 Å². The fraction of sp³-hybridized carbons (Fsp3) is 0.667. The second-order valence-electron chi connectivity index (χ2n) is 5.26. The summed E-state index contributed by atoms with van der Waals surface area (Å²) in [6, 6.07) is 3.93. The fourth-order valence-corrected chi connectivity index (χ4v) is 2.53. The van der Waals surface area contributed by atoms with Gasteiger partial charge in [0.2, 0.25) is 0 Å². The molecule has 1 fully saturated rings. The number of nitrogens with one attached hydrogen (secondary N) is 1. The van der Waals surface area contributed by atoms with Gasteiger partial charge in [0, 0.05) is 32.6 Å². The first-order chi connectivity index (χ1) is 9.29. The van der Waals surface area contributed by atoms with Crippen molar-refractivity contribution in [3.05, 3.63) is 24.2 Å². The van der Waals surface area contributed by atoms with Crippen LogP contribution in [-0.4, -0.2) is 37.0 Å². The lowest BCUT2D eigenvalue weighted by atomic mass is 10.0. The van der Waals surface area contributed by atoms with E-state index in [0.717, 1.165) is 50.2 Å². The molecule has 114 valence electrons. The van der Waals surface area contributed by atoms with Crippen LogP contribution in [0.3, 0.4) is 0 Å². The zero-order chi connectivity index (χ0) is 13.5. The van der Waals surface area contributed by atoms with E-state index in [-0.39, 0.29) is 24.0 Å². The molecule has 2 rings (SSSR count). The summed E-state index contributed by atoms with van der Waals surface area (Å²) in [6.07, 6.45) is 5.19. The molecule has 4 nitrogen and oxygen atoms in total. The number of hydrogen-bond donors (Lipinski definition) is 1. The van der Waals surface area contributed by atoms with Crippen LogP contribution < -0.4 is 5.32 Å². The predicted molar refractivity (Wildman–Crippen MR) is 93.8 cm³/mol. The summed E-state index contributed by atoms with van der Waals surface area (Å²) < 4.78 is 5.33. The highest BCUT2D eigenvalue weighted by Gasteiger charge is 2.18. The molecule has 20 heavy (non-hydrogen) atoms. The van der Waals surface area contributed by atoms with Crippen molar-refractivity contribution >= 4 is 29.9 Å². The normalized spacial score (nSPS) is 19.6. The molecule has 1 aromatic heterocycles. The van der Waals surface area contributed by atoms with Gasteiger partial charge in [-0.15, -0.1) is 24.0 Å². The fourth-order valence-electron chi connectivity index (χ4n) is 2.53. The molecule has 0 spiro atoms. The first-order valence-corrected chi connectivity index (χ1v) is 7.35. The molecule has 0 bridgehead atoms. The van der Waals surface area contributed by atoms with Crippen LogP contribution in [-0.2, 0) is 6.42 Å². The Bertz CT molecular complexity index is 392. The van der Waals surface area contributed by atoms with Crippen molar-refractivity contribution in [1.29, 1.82) is 0 Å². The van der Waals surface area contributed by atoms with E-state index in [1.54, 1.807) is 6.26 Å². The molecule has 0 amide bonds. The molecule has 1 aromatic rings. The lowest BCUT2D eigenvalue weighted by Gasteiger charge is -2.33. The van der Waals surface area contributed by atoms with Gasteiger partial charge in [-0.1, -0.05) is 6.92 Å². The molecular weight excluding hydrogens is 365 g/mol. The number of likely N-dealkylation sites (tertiary alicyclic amines) is 1. The van der Waals surface area contributed by atoms with Crippen LogP contribution in [0.5, 0.6) is 0 Å².